The summed E-state index contributed by atoms with van der Waals surface area (Å²) < 4.78 is 0. The Kier molecular flexibility index (Phi) is 7.86. The van der Waals surface area contributed by atoms with Crippen molar-refractivity contribution in [2.75, 3.05) is 0 Å². The largest absolute Gasteiger partial charge is 0.475 e. The summed E-state index contributed by atoms with van der Waals surface area (Å²) in [6.45, 7) is 0. The molecule has 1 heterocycles. The van der Waals surface area contributed by atoms with Crippen LogP contribution in [0.1, 0.15) is 21.6 Å². The van der Waals surface area contributed by atoms with E-state index in [1.54, 1.807) is 0 Å². The van der Waals surface area contributed by atoms with Crippen LogP contribution in [-0.4, -0.2) is 50.9 Å². The third-order valence-electron chi connectivity index (χ3n) is 4.69. The van der Waals surface area contributed by atoms with Gasteiger partial charge in [-0.2, -0.15) is 0 Å². The Labute approximate surface area is 180 Å². The summed E-state index contributed by atoms with van der Waals surface area (Å²) in [6, 6.07) is 17.4. The summed E-state index contributed by atoms with van der Waals surface area (Å²) in [7, 11) is -1.77. The minimum atomic E-state index is -1.77. The molecule has 0 bridgehead atoms. The number of nitrogens with one attached hydrogen (secondary N) is 2. The second-order valence-electron chi connectivity index (χ2n) is 7.02. The molecule has 0 aliphatic rings. The van der Waals surface area contributed by atoms with E-state index in [1.165, 1.54) is 18.6 Å². The van der Waals surface area contributed by atoms with Crippen molar-refractivity contribution in [3.63, 3.8) is 0 Å². The van der Waals surface area contributed by atoms with Gasteiger partial charge < -0.3 is 20.7 Å². The van der Waals surface area contributed by atoms with Gasteiger partial charge in [-0.05, 0) is 17.5 Å². The van der Waals surface area contributed by atoms with Crippen LogP contribution < -0.4 is 10.6 Å². The molecule has 2 aromatic carbocycles. The van der Waals surface area contributed by atoms with Gasteiger partial charge in [0.1, 0.15) is 11.7 Å². The minimum absolute atomic E-state index is 0.0800. The second kappa shape index (κ2) is 11.0. The van der Waals surface area contributed by atoms with Gasteiger partial charge in [0.25, 0.3) is 5.91 Å². The topological polar surface area (TPSA) is 124 Å². The van der Waals surface area contributed by atoms with Gasteiger partial charge in [0.15, 0.2) is 0 Å². The van der Waals surface area contributed by atoms with Gasteiger partial charge in [-0.1, -0.05) is 60.7 Å². The fraction of sp³-hybridized carbons (Fsp3) is 0.182. The molecule has 1 aromatic heterocycles. The maximum absolute atomic E-state index is 13.0. The molecule has 0 unspecified atom stereocenters. The fourth-order valence-electron chi connectivity index (χ4n) is 3.09. The quantitative estimate of drug-likeness (QED) is 0.377. The number of amides is 2. The third-order valence-corrected chi connectivity index (χ3v) is 4.69. The molecule has 0 fully saturated rings. The van der Waals surface area contributed by atoms with Crippen molar-refractivity contribution in [1.29, 1.82) is 0 Å². The minimum Gasteiger partial charge on any atom is -0.426 e. The Hall–Kier alpha value is -3.56. The number of hydrogen-bond acceptors (Lipinski definition) is 6. The van der Waals surface area contributed by atoms with E-state index in [0.29, 0.717) is 0 Å². The van der Waals surface area contributed by atoms with Crippen molar-refractivity contribution in [2.24, 2.45) is 0 Å². The number of aromatic nitrogens is 2. The van der Waals surface area contributed by atoms with E-state index >= 15 is 0 Å². The summed E-state index contributed by atoms with van der Waals surface area (Å²) in [5.74, 6) is -2.02. The van der Waals surface area contributed by atoms with E-state index in [1.807, 2.05) is 60.7 Å². The Balaban J connectivity index is 1.76. The number of carbonyl (C=O) groups is 2. The molecule has 0 aliphatic carbocycles. The Morgan fingerprint density at radius 3 is 2.03 bits per heavy atom. The second-order valence-corrected chi connectivity index (χ2v) is 7.02. The SMILES string of the molecule is O=C(N[C@H](Cc1ccccc1)C(=O)N[C@@H](Cc1ccccc1)B(O)O)c1cnccn1. The first kappa shape index (κ1) is 22.1. The first-order chi connectivity index (χ1) is 15.0. The first-order valence-electron chi connectivity index (χ1n) is 9.84. The van der Waals surface area contributed by atoms with Crippen LogP contribution in [0, 0.1) is 0 Å². The summed E-state index contributed by atoms with van der Waals surface area (Å²) in [5, 5.41) is 24.9. The molecular formula is C22H23BN4O4. The number of carbonyl (C=O) groups excluding carboxylic acids is 2. The molecule has 3 aromatic rings. The summed E-state index contributed by atoms with van der Waals surface area (Å²) in [4.78, 5) is 33.4. The average molecular weight is 418 g/mol. The predicted octanol–water partition coefficient (Wildman–Crippen LogP) is 0.557. The average Bonchev–Trinajstić information content (AvgIpc) is 2.80. The van der Waals surface area contributed by atoms with Crippen LogP contribution in [0.25, 0.3) is 0 Å². The van der Waals surface area contributed by atoms with E-state index in [0.717, 1.165) is 11.1 Å². The Morgan fingerprint density at radius 1 is 0.871 bits per heavy atom. The van der Waals surface area contributed by atoms with Crippen LogP contribution in [0.2, 0.25) is 0 Å². The van der Waals surface area contributed by atoms with Crippen molar-refractivity contribution in [3.8, 4) is 0 Å². The number of rotatable bonds is 9. The monoisotopic (exact) mass is 418 g/mol. The molecule has 2 amide bonds. The van der Waals surface area contributed by atoms with Crippen LogP contribution in [-0.2, 0) is 17.6 Å². The molecule has 31 heavy (non-hydrogen) atoms. The van der Waals surface area contributed by atoms with Gasteiger partial charge in [-0.15, -0.1) is 0 Å². The normalized spacial score (nSPS) is 12.5. The summed E-state index contributed by atoms with van der Waals surface area (Å²) in [6.07, 6.45) is 4.59. The van der Waals surface area contributed by atoms with E-state index in [2.05, 4.69) is 20.6 Å². The fourth-order valence-corrected chi connectivity index (χ4v) is 3.09. The molecule has 8 nitrogen and oxygen atoms in total. The zero-order valence-corrected chi connectivity index (χ0v) is 16.8. The molecule has 158 valence electrons. The lowest BCUT2D eigenvalue weighted by molar-refractivity contribution is -0.123. The number of benzene rings is 2. The maximum Gasteiger partial charge on any atom is 0.475 e. The number of nitrogens with zero attached hydrogens (tertiary/aromatic N) is 2. The molecule has 4 N–H and O–H groups in total. The van der Waals surface area contributed by atoms with E-state index in [4.69, 9.17) is 0 Å². The van der Waals surface area contributed by atoms with E-state index < -0.39 is 30.9 Å². The van der Waals surface area contributed by atoms with Crippen molar-refractivity contribution >= 4 is 18.9 Å². The zero-order chi connectivity index (χ0) is 22.1. The van der Waals surface area contributed by atoms with E-state index in [9.17, 15) is 19.6 Å². The highest BCUT2D eigenvalue weighted by Gasteiger charge is 2.30. The molecule has 0 spiro atoms. The highest BCUT2D eigenvalue weighted by molar-refractivity contribution is 6.43. The van der Waals surface area contributed by atoms with Crippen LogP contribution >= 0.6 is 0 Å². The lowest BCUT2D eigenvalue weighted by Gasteiger charge is -2.23. The highest BCUT2D eigenvalue weighted by atomic mass is 16.4. The summed E-state index contributed by atoms with van der Waals surface area (Å²) in [5.41, 5.74) is 1.76. The summed E-state index contributed by atoms with van der Waals surface area (Å²) >= 11 is 0. The first-order valence-corrected chi connectivity index (χ1v) is 9.84. The van der Waals surface area contributed by atoms with Gasteiger partial charge in [0, 0.05) is 18.8 Å². The van der Waals surface area contributed by atoms with Crippen molar-refractivity contribution in [2.45, 2.75) is 24.8 Å². The zero-order valence-electron chi connectivity index (χ0n) is 16.8. The smallest absolute Gasteiger partial charge is 0.426 e. The molecule has 3 rings (SSSR count). The standard InChI is InChI=1S/C22H23BN4O4/c28-21(27-20(23(30)31)14-17-9-5-2-6-10-17)18(13-16-7-3-1-4-8-16)26-22(29)19-15-24-11-12-25-19/h1-12,15,18,20,30-31H,13-14H2,(H,26,29)(H,27,28)/t18-,20+/m1/s1. The van der Waals surface area contributed by atoms with Crippen molar-refractivity contribution in [1.82, 2.24) is 20.6 Å². The lowest BCUT2D eigenvalue weighted by atomic mass is 9.75. The molecule has 2 atom stereocenters. The molecule has 9 heteroatoms. The lowest BCUT2D eigenvalue weighted by Crippen LogP contribution is -2.55. The van der Waals surface area contributed by atoms with Crippen molar-refractivity contribution in [3.05, 3.63) is 96.1 Å². The van der Waals surface area contributed by atoms with Gasteiger partial charge in [-0.25, -0.2) is 4.98 Å². The van der Waals surface area contributed by atoms with Crippen LogP contribution in [0.15, 0.2) is 79.3 Å². The van der Waals surface area contributed by atoms with Crippen LogP contribution in [0.3, 0.4) is 0 Å². The van der Waals surface area contributed by atoms with Crippen LogP contribution in [0.5, 0.6) is 0 Å². The van der Waals surface area contributed by atoms with Crippen LogP contribution in [0.4, 0.5) is 0 Å². The van der Waals surface area contributed by atoms with Gasteiger partial charge in [0.2, 0.25) is 5.91 Å². The molecule has 0 radical (unpaired) electrons. The predicted molar refractivity (Wildman–Crippen MR) is 116 cm³/mol. The Morgan fingerprint density at radius 2 is 1.48 bits per heavy atom. The molecule has 0 aliphatic heterocycles. The number of hydrogen-bond donors (Lipinski definition) is 4. The molecule has 0 saturated carbocycles. The molecular weight excluding hydrogens is 395 g/mol. The van der Waals surface area contributed by atoms with Gasteiger partial charge >= 0.3 is 7.12 Å². The van der Waals surface area contributed by atoms with Gasteiger partial charge in [0.05, 0.1) is 12.1 Å². The molecule has 0 saturated heterocycles. The maximum atomic E-state index is 13.0. The van der Waals surface area contributed by atoms with E-state index in [-0.39, 0.29) is 18.5 Å². The Bertz CT molecular complexity index is 975. The highest BCUT2D eigenvalue weighted by Crippen LogP contribution is 2.08. The van der Waals surface area contributed by atoms with Crippen molar-refractivity contribution < 1.29 is 19.6 Å². The third kappa shape index (κ3) is 6.73. The van der Waals surface area contributed by atoms with Gasteiger partial charge in [-0.3, -0.25) is 14.6 Å².